The van der Waals surface area contributed by atoms with Gasteiger partial charge in [-0.05, 0) is 48.6 Å². The summed E-state index contributed by atoms with van der Waals surface area (Å²) >= 11 is 0. The summed E-state index contributed by atoms with van der Waals surface area (Å²) in [5, 5.41) is 2.29. The molecule has 0 radical (unpaired) electrons. The van der Waals surface area contributed by atoms with E-state index < -0.39 is 6.10 Å². The Labute approximate surface area is 159 Å². The van der Waals surface area contributed by atoms with Crippen molar-refractivity contribution >= 4 is 16.7 Å². The van der Waals surface area contributed by atoms with E-state index in [0.29, 0.717) is 5.92 Å². The summed E-state index contributed by atoms with van der Waals surface area (Å²) in [4.78, 5) is 18.8. The van der Waals surface area contributed by atoms with E-state index in [9.17, 15) is 4.79 Å². The summed E-state index contributed by atoms with van der Waals surface area (Å²) in [7, 11) is 0. The lowest BCUT2D eigenvalue weighted by atomic mass is 9.96. The van der Waals surface area contributed by atoms with E-state index in [1.165, 1.54) is 5.39 Å². The topological polar surface area (TPSA) is 47.4 Å². The maximum Gasteiger partial charge on any atom is 0.263 e. The van der Waals surface area contributed by atoms with Crippen LogP contribution in [0.1, 0.15) is 19.8 Å². The fourth-order valence-corrected chi connectivity index (χ4v) is 3.78. The predicted octanol–water partition coefficient (Wildman–Crippen LogP) is 3.74. The van der Waals surface area contributed by atoms with Crippen molar-refractivity contribution in [1.29, 1.82) is 0 Å². The van der Waals surface area contributed by atoms with Crippen LogP contribution in [0.25, 0.3) is 10.8 Å². The van der Waals surface area contributed by atoms with Gasteiger partial charge in [-0.2, -0.15) is 0 Å². The molecule has 4 rings (SSSR count). The summed E-state index contributed by atoms with van der Waals surface area (Å²) in [6.07, 6.45) is 7.23. The molecule has 0 bridgehead atoms. The molecule has 27 heavy (non-hydrogen) atoms. The Bertz CT molecular complexity index is 899. The first-order chi connectivity index (χ1) is 13.2. The lowest BCUT2D eigenvalue weighted by Crippen LogP contribution is -2.45. The molecule has 1 atom stereocenters. The summed E-state index contributed by atoms with van der Waals surface area (Å²) in [6, 6.07) is 14.1. The van der Waals surface area contributed by atoms with E-state index in [1.54, 1.807) is 0 Å². The zero-order valence-corrected chi connectivity index (χ0v) is 15.6. The minimum atomic E-state index is -0.476. The van der Waals surface area contributed by atoms with Gasteiger partial charge >= 0.3 is 0 Å². The number of piperidine rings is 1. The van der Waals surface area contributed by atoms with Gasteiger partial charge < -0.3 is 14.2 Å². The van der Waals surface area contributed by atoms with E-state index >= 15 is 0 Å². The van der Waals surface area contributed by atoms with Crippen LogP contribution < -0.4 is 4.74 Å². The molecular weight excluding hydrogens is 338 g/mol. The highest BCUT2D eigenvalue weighted by molar-refractivity contribution is 5.84. The van der Waals surface area contributed by atoms with Crippen molar-refractivity contribution in [1.82, 2.24) is 14.5 Å². The van der Waals surface area contributed by atoms with Gasteiger partial charge in [0.2, 0.25) is 0 Å². The van der Waals surface area contributed by atoms with Crippen molar-refractivity contribution in [2.45, 2.75) is 32.4 Å². The second-order valence-electron chi connectivity index (χ2n) is 7.30. The highest BCUT2D eigenvalue weighted by Crippen LogP contribution is 2.23. The molecule has 0 saturated carbocycles. The van der Waals surface area contributed by atoms with Crippen LogP contribution in [-0.2, 0) is 11.3 Å². The molecule has 2 heterocycles. The van der Waals surface area contributed by atoms with Crippen molar-refractivity contribution in [3.8, 4) is 5.75 Å². The van der Waals surface area contributed by atoms with E-state index in [-0.39, 0.29) is 5.91 Å². The number of aromatic nitrogens is 2. The van der Waals surface area contributed by atoms with Gasteiger partial charge in [-0.15, -0.1) is 0 Å². The number of rotatable bonds is 5. The number of likely N-dealkylation sites (tertiary alicyclic amines) is 1. The number of carbonyl (C=O) groups excluding carboxylic acids is 1. The van der Waals surface area contributed by atoms with Gasteiger partial charge in [0, 0.05) is 32.0 Å². The van der Waals surface area contributed by atoms with Crippen molar-refractivity contribution in [3.05, 3.63) is 61.2 Å². The highest BCUT2D eigenvalue weighted by atomic mass is 16.5. The van der Waals surface area contributed by atoms with E-state index in [0.717, 1.165) is 43.6 Å². The minimum absolute atomic E-state index is 0.0734. The van der Waals surface area contributed by atoms with Crippen LogP contribution in [0.4, 0.5) is 0 Å². The molecule has 5 nitrogen and oxygen atoms in total. The maximum atomic E-state index is 12.8. The summed E-state index contributed by atoms with van der Waals surface area (Å²) < 4.78 is 8.06. The Morgan fingerprint density at radius 3 is 2.70 bits per heavy atom. The molecule has 0 unspecified atom stereocenters. The van der Waals surface area contributed by atoms with Crippen molar-refractivity contribution < 1.29 is 9.53 Å². The van der Waals surface area contributed by atoms with Gasteiger partial charge in [0.1, 0.15) is 5.75 Å². The van der Waals surface area contributed by atoms with Gasteiger partial charge in [0.25, 0.3) is 5.91 Å². The Morgan fingerprint density at radius 1 is 1.19 bits per heavy atom. The molecule has 1 aromatic heterocycles. The number of ether oxygens (including phenoxy) is 1. The fourth-order valence-electron chi connectivity index (χ4n) is 3.78. The third kappa shape index (κ3) is 4.13. The SMILES string of the molecule is C[C@@H](Oc1ccc2ccccc2c1)C(=O)N1CCC(Cn2ccnc2)CC1. The number of fused-ring (bicyclic) bond motifs is 1. The van der Waals surface area contributed by atoms with Crippen LogP contribution in [0, 0.1) is 5.92 Å². The Morgan fingerprint density at radius 2 is 1.96 bits per heavy atom. The molecule has 1 aliphatic rings. The third-order valence-electron chi connectivity index (χ3n) is 5.34. The number of hydrogen-bond acceptors (Lipinski definition) is 3. The Kier molecular flexibility index (Phi) is 5.10. The van der Waals surface area contributed by atoms with Crippen LogP contribution in [0.5, 0.6) is 5.75 Å². The Hall–Kier alpha value is -2.82. The normalized spacial score (nSPS) is 16.4. The van der Waals surface area contributed by atoms with E-state index in [4.69, 9.17) is 4.74 Å². The smallest absolute Gasteiger partial charge is 0.263 e. The van der Waals surface area contributed by atoms with Crippen LogP contribution in [0.15, 0.2) is 61.2 Å². The summed E-state index contributed by atoms with van der Waals surface area (Å²) in [5.74, 6) is 1.41. The predicted molar refractivity (Wildman–Crippen MR) is 106 cm³/mol. The number of benzene rings is 2. The van der Waals surface area contributed by atoms with Crippen molar-refractivity contribution in [2.75, 3.05) is 13.1 Å². The van der Waals surface area contributed by atoms with Crippen LogP contribution >= 0.6 is 0 Å². The van der Waals surface area contributed by atoms with E-state index in [1.807, 2.05) is 60.9 Å². The average Bonchev–Trinajstić information content (AvgIpc) is 3.21. The monoisotopic (exact) mass is 363 g/mol. The number of amides is 1. The van der Waals surface area contributed by atoms with Gasteiger partial charge in [0.05, 0.1) is 6.33 Å². The summed E-state index contributed by atoms with van der Waals surface area (Å²) in [6.45, 7) is 4.41. The molecule has 0 spiro atoms. The number of carbonyl (C=O) groups is 1. The molecular formula is C22H25N3O2. The second kappa shape index (κ2) is 7.82. The second-order valence-corrected chi connectivity index (χ2v) is 7.30. The van der Waals surface area contributed by atoms with Gasteiger partial charge in [-0.3, -0.25) is 4.79 Å². The molecule has 5 heteroatoms. The molecule has 2 aromatic carbocycles. The van der Waals surface area contributed by atoms with Gasteiger partial charge in [0.15, 0.2) is 6.10 Å². The first kappa shape index (κ1) is 17.6. The molecule has 0 aliphatic carbocycles. The average molecular weight is 363 g/mol. The maximum absolute atomic E-state index is 12.8. The molecule has 1 aliphatic heterocycles. The highest BCUT2D eigenvalue weighted by Gasteiger charge is 2.27. The Balaban J connectivity index is 1.32. The fraction of sp³-hybridized carbons (Fsp3) is 0.364. The molecule has 140 valence electrons. The lowest BCUT2D eigenvalue weighted by Gasteiger charge is -2.33. The van der Waals surface area contributed by atoms with Crippen molar-refractivity contribution in [3.63, 3.8) is 0 Å². The van der Waals surface area contributed by atoms with Gasteiger partial charge in [-0.25, -0.2) is 4.98 Å². The first-order valence-corrected chi connectivity index (χ1v) is 9.59. The van der Waals surface area contributed by atoms with Crippen LogP contribution in [0.2, 0.25) is 0 Å². The third-order valence-corrected chi connectivity index (χ3v) is 5.34. The van der Waals surface area contributed by atoms with Crippen LogP contribution in [0.3, 0.4) is 0 Å². The van der Waals surface area contributed by atoms with Crippen molar-refractivity contribution in [2.24, 2.45) is 5.92 Å². The summed E-state index contributed by atoms with van der Waals surface area (Å²) in [5.41, 5.74) is 0. The minimum Gasteiger partial charge on any atom is -0.481 e. The quantitative estimate of drug-likeness (QED) is 0.694. The number of nitrogens with zero attached hydrogens (tertiary/aromatic N) is 3. The number of imidazole rings is 1. The van der Waals surface area contributed by atoms with Gasteiger partial charge in [-0.1, -0.05) is 30.3 Å². The molecule has 3 aromatic rings. The first-order valence-electron chi connectivity index (χ1n) is 9.59. The largest absolute Gasteiger partial charge is 0.481 e. The lowest BCUT2D eigenvalue weighted by molar-refractivity contribution is -0.139. The van der Waals surface area contributed by atoms with Crippen LogP contribution in [-0.4, -0.2) is 39.6 Å². The molecule has 1 saturated heterocycles. The molecule has 1 amide bonds. The molecule has 1 fully saturated rings. The van der Waals surface area contributed by atoms with E-state index in [2.05, 4.69) is 21.7 Å². The molecule has 0 N–H and O–H groups in total. The number of hydrogen-bond donors (Lipinski definition) is 0. The zero-order valence-electron chi connectivity index (χ0n) is 15.6. The zero-order chi connectivity index (χ0) is 18.6. The standard InChI is InChI=1S/C22H25N3O2/c1-17(27-21-7-6-19-4-2-3-5-20(19)14-21)22(26)25-11-8-18(9-12-25)15-24-13-10-23-16-24/h2-7,10,13-14,16-18H,8-9,11-12,15H2,1H3/t17-/m1/s1.